The first-order valence-electron chi connectivity index (χ1n) is 12.1. The molecule has 31 heavy (non-hydrogen) atoms. The molecule has 1 heterocycles. The van der Waals surface area contributed by atoms with Crippen molar-refractivity contribution in [2.24, 2.45) is 23.2 Å². The molecule has 0 aromatic heterocycles. The molecule has 4 saturated carbocycles. The van der Waals surface area contributed by atoms with Crippen LogP contribution in [0.3, 0.4) is 0 Å². The van der Waals surface area contributed by atoms with Gasteiger partial charge in [0.15, 0.2) is 0 Å². The Kier molecular flexibility index (Phi) is 5.45. The molecular formula is C25H36N2O3S. The quantitative estimate of drug-likeness (QED) is 0.741. The van der Waals surface area contributed by atoms with Crippen molar-refractivity contribution in [2.45, 2.75) is 82.6 Å². The van der Waals surface area contributed by atoms with Crippen LogP contribution in [0.25, 0.3) is 0 Å². The minimum absolute atomic E-state index is 0.0898. The van der Waals surface area contributed by atoms with E-state index in [2.05, 4.69) is 5.32 Å². The number of rotatable bonds is 5. The monoisotopic (exact) mass is 444 g/mol. The van der Waals surface area contributed by atoms with Gasteiger partial charge in [-0.05, 0) is 100 Å². The van der Waals surface area contributed by atoms with Gasteiger partial charge in [-0.2, -0.15) is 4.31 Å². The summed E-state index contributed by atoms with van der Waals surface area (Å²) in [5.41, 5.74) is 2.12. The average Bonchev–Trinajstić information content (AvgIpc) is 2.66. The third-order valence-electron chi connectivity index (χ3n) is 8.47. The molecule has 1 aromatic rings. The van der Waals surface area contributed by atoms with E-state index in [9.17, 15) is 13.2 Å². The number of hydrogen-bond acceptors (Lipinski definition) is 3. The smallest absolute Gasteiger partial charge is 0.243 e. The zero-order chi connectivity index (χ0) is 21.8. The predicted octanol–water partition coefficient (Wildman–Crippen LogP) is 4.18. The maximum atomic E-state index is 13.1. The third-order valence-corrected chi connectivity index (χ3v) is 10.5. The van der Waals surface area contributed by atoms with Gasteiger partial charge < -0.3 is 5.32 Å². The summed E-state index contributed by atoms with van der Waals surface area (Å²) in [5.74, 6) is 2.77. The molecule has 5 fully saturated rings. The zero-order valence-corrected chi connectivity index (χ0v) is 19.7. The minimum atomic E-state index is -3.48. The molecule has 0 atom stereocenters. The predicted molar refractivity (Wildman–Crippen MR) is 121 cm³/mol. The maximum Gasteiger partial charge on any atom is 0.243 e. The van der Waals surface area contributed by atoms with E-state index in [4.69, 9.17) is 0 Å². The van der Waals surface area contributed by atoms with Gasteiger partial charge in [0.25, 0.3) is 0 Å². The molecule has 6 rings (SSSR count). The number of carbonyl (C=O) groups excluding carboxylic acids is 1. The molecule has 0 unspecified atom stereocenters. The number of amides is 1. The summed E-state index contributed by atoms with van der Waals surface area (Å²) in [4.78, 5) is 13.3. The number of nitrogens with one attached hydrogen (secondary N) is 1. The summed E-state index contributed by atoms with van der Waals surface area (Å²) in [7, 11) is -3.48. The van der Waals surface area contributed by atoms with Gasteiger partial charge in [-0.3, -0.25) is 4.79 Å². The van der Waals surface area contributed by atoms with Crippen LogP contribution < -0.4 is 5.32 Å². The number of benzene rings is 1. The fourth-order valence-corrected chi connectivity index (χ4v) is 9.27. The maximum absolute atomic E-state index is 13.1. The number of aryl methyl sites for hydroxylation is 2. The van der Waals surface area contributed by atoms with Gasteiger partial charge in [0.2, 0.25) is 15.9 Å². The fourth-order valence-electron chi connectivity index (χ4n) is 7.59. The number of piperidine rings is 1. The Morgan fingerprint density at radius 2 is 1.61 bits per heavy atom. The number of nitrogens with zero attached hydrogens (tertiary/aromatic N) is 1. The lowest BCUT2D eigenvalue weighted by atomic mass is 9.49. The zero-order valence-electron chi connectivity index (χ0n) is 18.9. The Labute approximate surface area is 187 Å². The van der Waals surface area contributed by atoms with Crippen molar-refractivity contribution in [3.05, 3.63) is 29.3 Å². The summed E-state index contributed by atoms with van der Waals surface area (Å²) < 4.78 is 27.8. The van der Waals surface area contributed by atoms with Crippen molar-refractivity contribution in [3.63, 3.8) is 0 Å². The van der Waals surface area contributed by atoms with E-state index in [0.29, 0.717) is 37.2 Å². The van der Waals surface area contributed by atoms with E-state index >= 15 is 0 Å². The molecule has 1 amide bonds. The van der Waals surface area contributed by atoms with E-state index in [0.717, 1.165) is 28.9 Å². The minimum Gasteiger partial charge on any atom is -0.353 e. The molecule has 5 nitrogen and oxygen atoms in total. The molecule has 5 aliphatic rings. The number of carbonyl (C=O) groups is 1. The first-order valence-corrected chi connectivity index (χ1v) is 13.5. The highest BCUT2D eigenvalue weighted by Gasteiger charge is 2.51. The highest BCUT2D eigenvalue weighted by molar-refractivity contribution is 7.89. The molecule has 6 heteroatoms. The Morgan fingerprint density at radius 3 is 2.16 bits per heavy atom. The molecule has 0 radical (unpaired) electrons. The van der Waals surface area contributed by atoms with E-state index in [1.807, 2.05) is 26.0 Å². The van der Waals surface area contributed by atoms with Crippen molar-refractivity contribution < 1.29 is 13.2 Å². The summed E-state index contributed by atoms with van der Waals surface area (Å²) in [5, 5.41) is 3.26. The molecule has 0 spiro atoms. The Morgan fingerprint density at radius 1 is 1.03 bits per heavy atom. The average molecular weight is 445 g/mol. The van der Waals surface area contributed by atoms with E-state index < -0.39 is 10.0 Å². The summed E-state index contributed by atoms with van der Waals surface area (Å²) in [6, 6.07) is 5.59. The van der Waals surface area contributed by atoms with Gasteiger partial charge in [-0.15, -0.1) is 0 Å². The van der Waals surface area contributed by atoms with Crippen molar-refractivity contribution in [1.82, 2.24) is 9.62 Å². The lowest BCUT2D eigenvalue weighted by Crippen LogP contribution is -2.50. The molecule has 4 aliphatic carbocycles. The molecule has 1 aliphatic heterocycles. The highest BCUT2D eigenvalue weighted by atomic mass is 32.2. The van der Waals surface area contributed by atoms with Crippen LogP contribution >= 0.6 is 0 Å². The van der Waals surface area contributed by atoms with E-state index in [1.54, 1.807) is 10.4 Å². The lowest BCUT2D eigenvalue weighted by molar-refractivity contribution is -0.130. The van der Waals surface area contributed by atoms with Gasteiger partial charge in [-0.1, -0.05) is 17.7 Å². The lowest BCUT2D eigenvalue weighted by Gasteiger charge is -2.56. The van der Waals surface area contributed by atoms with Crippen molar-refractivity contribution in [1.29, 1.82) is 0 Å². The second-order valence-corrected chi connectivity index (χ2v) is 13.0. The Hall–Kier alpha value is -1.40. The molecule has 1 aromatic carbocycles. The van der Waals surface area contributed by atoms with Crippen LogP contribution in [-0.2, 0) is 14.8 Å². The summed E-state index contributed by atoms with van der Waals surface area (Å²) >= 11 is 0. The standard InChI is InChI=1S/C25H36N2O3S/c1-17-3-4-23(18(2)9-17)31(29,30)27-7-5-22(6-8-27)26-24(28)16-25-13-19-10-20(14-25)12-21(11-19)15-25/h3-4,9,19-22H,5-8,10-16H2,1-2H3,(H,26,28). The van der Waals surface area contributed by atoms with Crippen LogP contribution in [0, 0.1) is 37.0 Å². The van der Waals surface area contributed by atoms with Crippen LogP contribution in [0.5, 0.6) is 0 Å². The van der Waals surface area contributed by atoms with Gasteiger partial charge in [0.1, 0.15) is 0 Å². The van der Waals surface area contributed by atoms with Gasteiger partial charge in [0, 0.05) is 25.6 Å². The Balaban J connectivity index is 1.16. The van der Waals surface area contributed by atoms with Gasteiger partial charge in [0.05, 0.1) is 4.90 Å². The van der Waals surface area contributed by atoms with Crippen LogP contribution in [0.2, 0.25) is 0 Å². The van der Waals surface area contributed by atoms with Gasteiger partial charge in [-0.25, -0.2) is 8.42 Å². The van der Waals surface area contributed by atoms with Crippen LogP contribution in [-0.4, -0.2) is 37.8 Å². The Bertz CT molecular complexity index is 928. The van der Waals surface area contributed by atoms with E-state index in [1.165, 1.54) is 38.5 Å². The topological polar surface area (TPSA) is 66.5 Å². The second-order valence-electron chi connectivity index (χ2n) is 11.1. The molecule has 170 valence electrons. The summed E-state index contributed by atoms with van der Waals surface area (Å²) in [6.07, 6.45) is 10.00. The largest absolute Gasteiger partial charge is 0.353 e. The van der Waals surface area contributed by atoms with Crippen molar-refractivity contribution in [3.8, 4) is 0 Å². The normalized spacial score (nSPS) is 33.5. The van der Waals surface area contributed by atoms with Crippen LogP contribution in [0.4, 0.5) is 0 Å². The first kappa shape index (κ1) is 21.4. The molecular weight excluding hydrogens is 408 g/mol. The van der Waals surface area contributed by atoms with Crippen LogP contribution in [0.1, 0.15) is 68.9 Å². The second kappa shape index (κ2) is 7.87. The SMILES string of the molecule is Cc1ccc(S(=O)(=O)N2CCC(NC(=O)CC34CC5CC(CC(C5)C3)C4)CC2)c(C)c1. The van der Waals surface area contributed by atoms with Crippen LogP contribution in [0.15, 0.2) is 23.1 Å². The van der Waals surface area contributed by atoms with Crippen molar-refractivity contribution in [2.75, 3.05) is 13.1 Å². The fraction of sp³-hybridized carbons (Fsp3) is 0.720. The summed E-state index contributed by atoms with van der Waals surface area (Å²) in [6.45, 7) is 4.77. The van der Waals surface area contributed by atoms with Crippen molar-refractivity contribution >= 4 is 15.9 Å². The van der Waals surface area contributed by atoms with Gasteiger partial charge >= 0.3 is 0 Å². The van der Waals surface area contributed by atoms with E-state index in [-0.39, 0.29) is 17.4 Å². The molecule has 1 N–H and O–H groups in total. The third kappa shape index (κ3) is 4.18. The molecule has 1 saturated heterocycles. The highest BCUT2D eigenvalue weighted by Crippen LogP contribution is 2.61. The molecule has 4 bridgehead atoms. The number of sulfonamides is 1. The first-order chi connectivity index (χ1) is 14.7. The number of hydrogen-bond donors (Lipinski definition) is 1.